The van der Waals surface area contributed by atoms with Gasteiger partial charge in [-0.2, -0.15) is 0 Å². The van der Waals surface area contributed by atoms with E-state index in [4.69, 9.17) is 11.5 Å². The van der Waals surface area contributed by atoms with Crippen LogP contribution in [0.25, 0.3) is 0 Å². The summed E-state index contributed by atoms with van der Waals surface area (Å²) < 4.78 is 0. The molecule has 4 heteroatoms. The van der Waals surface area contributed by atoms with Crippen molar-refractivity contribution in [1.29, 1.82) is 0 Å². The zero-order valence-corrected chi connectivity index (χ0v) is 12.2. The maximum absolute atomic E-state index is 5.43. The molecule has 0 aliphatic carbocycles. The molecule has 110 valence electrons. The summed E-state index contributed by atoms with van der Waals surface area (Å²) in [4.78, 5) is 8.76. The molecule has 0 saturated carbocycles. The normalized spacial score (nSPS) is 11.7. The number of nitrogens with zero attached hydrogens (tertiary/aromatic N) is 2. The van der Waals surface area contributed by atoms with Crippen LogP contribution in [0.5, 0.6) is 0 Å². The molecule has 0 spiro atoms. The molecule has 1 aromatic carbocycles. The van der Waals surface area contributed by atoms with Gasteiger partial charge in [-0.1, -0.05) is 24.3 Å². The van der Waals surface area contributed by atoms with Gasteiger partial charge in [-0.3, -0.25) is 9.98 Å². The first-order valence-electron chi connectivity index (χ1n) is 7.36. The van der Waals surface area contributed by atoms with E-state index in [-0.39, 0.29) is 0 Å². The molecular formula is C16H26N4. The predicted molar refractivity (Wildman–Crippen MR) is 87.9 cm³/mol. The van der Waals surface area contributed by atoms with Crippen LogP contribution in [0.1, 0.15) is 36.8 Å². The van der Waals surface area contributed by atoms with Gasteiger partial charge in [-0.15, -0.1) is 0 Å². The maximum Gasteiger partial charge on any atom is 0.0390 e. The van der Waals surface area contributed by atoms with Crippen LogP contribution in [0.15, 0.2) is 34.3 Å². The Hall–Kier alpha value is -1.52. The first-order valence-corrected chi connectivity index (χ1v) is 7.36. The lowest BCUT2D eigenvalue weighted by molar-refractivity contribution is 0.757. The molecule has 0 amide bonds. The fourth-order valence-electron chi connectivity index (χ4n) is 1.70. The molecule has 1 aromatic rings. The van der Waals surface area contributed by atoms with Gasteiger partial charge in [0.15, 0.2) is 0 Å². The fraction of sp³-hybridized carbons (Fsp3) is 0.500. The zero-order valence-electron chi connectivity index (χ0n) is 12.2. The molecule has 4 nitrogen and oxygen atoms in total. The van der Waals surface area contributed by atoms with Crippen LogP contribution < -0.4 is 11.5 Å². The Balaban J connectivity index is 2.32. The van der Waals surface area contributed by atoms with E-state index in [1.54, 1.807) is 0 Å². The highest BCUT2D eigenvalue weighted by atomic mass is 14.7. The van der Waals surface area contributed by atoms with E-state index in [0.717, 1.165) is 63.0 Å². The minimum absolute atomic E-state index is 0.745. The molecule has 20 heavy (non-hydrogen) atoms. The molecule has 0 atom stereocenters. The van der Waals surface area contributed by atoms with Gasteiger partial charge in [-0.05, 0) is 49.9 Å². The lowest BCUT2D eigenvalue weighted by Gasteiger charge is -1.97. The van der Waals surface area contributed by atoms with E-state index in [1.807, 2.05) is 12.4 Å². The first kappa shape index (κ1) is 16.5. The summed E-state index contributed by atoms with van der Waals surface area (Å²) in [5.74, 6) is 0. The fourth-order valence-corrected chi connectivity index (χ4v) is 1.70. The summed E-state index contributed by atoms with van der Waals surface area (Å²) in [6.45, 7) is 3.19. The van der Waals surface area contributed by atoms with Gasteiger partial charge in [-0.25, -0.2) is 0 Å². The maximum atomic E-state index is 5.43. The molecule has 0 aromatic heterocycles. The molecule has 0 aliphatic heterocycles. The number of unbranched alkanes of at least 4 members (excludes halogenated alkanes) is 2. The molecule has 0 saturated heterocycles. The van der Waals surface area contributed by atoms with Crippen LogP contribution in [0.3, 0.4) is 0 Å². The third-order valence-electron chi connectivity index (χ3n) is 2.90. The molecule has 0 heterocycles. The number of hydrogen-bond acceptors (Lipinski definition) is 4. The Labute approximate surface area is 122 Å². The van der Waals surface area contributed by atoms with Crippen molar-refractivity contribution in [1.82, 2.24) is 0 Å². The van der Waals surface area contributed by atoms with Crippen LogP contribution in [-0.4, -0.2) is 38.6 Å². The van der Waals surface area contributed by atoms with E-state index in [2.05, 4.69) is 34.3 Å². The van der Waals surface area contributed by atoms with E-state index >= 15 is 0 Å². The summed E-state index contributed by atoms with van der Waals surface area (Å²) in [5, 5.41) is 0. The van der Waals surface area contributed by atoms with Crippen molar-refractivity contribution in [3.63, 3.8) is 0 Å². The Morgan fingerprint density at radius 3 is 1.45 bits per heavy atom. The van der Waals surface area contributed by atoms with Crippen molar-refractivity contribution >= 4 is 12.4 Å². The highest BCUT2D eigenvalue weighted by Crippen LogP contribution is 2.01. The third kappa shape index (κ3) is 7.81. The van der Waals surface area contributed by atoms with E-state index in [0.29, 0.717) is 0 Å². The van der Waals surface area contributed by atoms with Crippen molar-refractivity contribution in [2.45, 2.75) is 25.7 Å². The van der Waals surface area contributed by atoms with Crippen LogP contribution in [0, 0.1) is 0 Å². The second-order valence-corrected chi connectivity index (χ2v) is 4.73. The molecule has 0 unspecified atom stereocenters. The van der Waals surface area contributed by atoms with Crippen LogP contribution in [0.4, 0.5) is 0 Å². The molecule has 0 bridgehead atoms. The summed E-state index contributed by atoms with van der Waals surface area (Å²) in [6, 6.07) is 8.25. The largest absolute Gasteiger partial charge is 0.330 e. The lowest BCUT2D eigenvalue weighted by atomic mass is 10.1. The number of hydrogen-bond donors (Lipinski definition) is 2. The topological polar surface area (TPSA) is 76.8 Å². The zero-order chi connectivity index (χ0) is 14.5. The average Bonchev–Trinajstić information content (AvgIpc) is 2.48. The van der Waals surface area contributed by atoms with Crippen LogP contribution in [-0.2, 0) is 0 Å². The first-order chi connectivity index (χ1) is 9.86. The Morgan fingerprint density at radius 2 is 1.10 bits per heavy atom. The third-order valence-corrected chi connectivity index (χ3v) is 2.90. The Morgan fingerprint density at radius 1 is 0.700 bits per heavy atom. The van der Waals surface area contributed by atoms with Gasteiger partial charge in [0.05, 0.1) is 0 Å². The summed E-state index contributed by atoms with van der Waals surface area (Å²) >= 11 is 0. The molecule has 0 aliphatic rings. The van der Waals surface area contributed by atoms with Gasteiger partial charge in [0, 0.05) is 25.5 Å². The molecule has 4 N–H and O–H groups in total. The number of benzene rings is 1. The molecule has 1 rings (SSSR count). The van der Waals surface area contributed by atoms with E-state index < -0.39 is 0 Å². The SMILES string of the molecule is NCCCCN=Cc1ccc(C=NCCCCN)cc1. The van der Waals surface area contributed by atoms with Gasteiger partial charge < -0.3 is 11.5 Å². The summed E-state index contributed by atoms with van der Waals surface area (Å²) in [5.41, 5.74) is 13.1. The van der Waals surface area contributed by atoms with Crippen LogP contribution in [0.2, 0.25) is 0 Å². The van der Waals surface area contributed by atoms with Crippen molar-refractivity contribution in [2.75, 3.05) is 26.2 Å². The number of nitrogens with two attached hydrogens (primary N) is 2. The smallest absolute Gasteiger partial charge is 0.0390 e. The Bertz CT molecular complexity index is 356. The molecule has 0 fully saturated rings. The summed E-state index contributed by atoms with van der Waals surface area (Å²) in [6.07, 6.45) is 8.02. The number of aliphatic imine (C=N–C) groups is 2. The van der Waals surface area contributed by atoms with E-state index in [9.17, 15) is 0 Å². The van der Waals surface area contributed by atoms with Gasteiger partial charge in [0.1, 0.15) is 0 Å². The molecular weight excluding hydrogens is 248 g/mol. The minimum atomic E-state index is 0.745. The Kier molecular flexibility index (Phi) is 9.36. The van der Waals surface area contributed by atoms with Crippen molar-refractivity contribution < 1.29 is 0 Å². The number of rotatable bonds is 10. The monoisotopic (exact) mass is 274 g/mol. The highest BCUT2D eigenvalue weighted by Gasteiger charge is 1.90. The standard InChI is InChI=1S/C16H26N4/c17-9-1-3-11-19-13-15-5-7-16(8-6-15)14-20-12-4-2-10-18/h5-8,13-14H,1-4,9-12,17-18H2. The molecule has 0 radical (unpaired) electrons. The second kappa shape index (κ2) is 11.3. The quantitative estimate of drug-likeness (QED) is 0.506. The van der Waals surface area contributed by atoms with Crippen molar-refractivity contribution in [3.05, 3.63) is 35.4 Å². The van der Waals surface area contributed by atoms with Gasteiger partial charge in [0.2, 0.25) is 0 Å². The summed E-state index contributed by atoms with van der Waals surface area (Å²) in [7, 11) is 0. The van der Waals surface area contributed by atoms with E-state index in [1.165, 1.54) is 0 Å². The van der Waals surface area contributed by atoms with Gasteiger partial charge >= 0.3 is 0 Å². The second-order valence-electron chi connectivity index (χ2n) is 4.73. The average molecular weight is 274 g/mol. The lowest BCUT2D eigenvalue weighted by Crippen LogP contribution is -1.99. The van der Waals surface area contributed by atoms with Crippen LogP contribution >= 0.6 is 0 Å². The minimum Gasteiger partial charge on any atom is -0.330 e. The van der Waals surface area contributed by atoms with Gasteiger partial charge in [0.25, 0.3) is 0 Å². The predicted octanol–water partition coefficient (Wildman–Crippen LogP) is 2.00. The van der Waals surface area contributed by atoms with Crippen molar-refractivity contribution in [2.24, 2.45) is 21.5 Å². The highest BCUT2D eigenvalue weighted by molar-refractivity contribution is 5.84. The van der Waals surface area contributed by atoms with Crippen molar-refractivity contribution in [3.8, 4) is 0 Å².